The van der Waals surface area contributed by atoms with Crippen LogP contribution in [0.5, 0.6) is 0 Å². The van der Waals surface area contributed by atoms with E-state index in [9.17, 15) is 8.42 Å². The van der Waals surface area contributed by atoms with Gasteiger partial charge in [0.15, 0.2) is 0 Å². The van der Waals surface area contributed by atoms with E-state index in [1.54, 1.807) is 7.05 Å². The maximum Gasteiger partial charge on any atom is 0.275 e. The van der Waals surface area contributed by atoms with Crippen molar-refractivity contribution in [3.8, 4) is 0 Å². The Morgan fingerprint density at radius 3 is 2.25 bits per heavy atom. The van der Waals surface area contributed by atoms with E-state index < -0.39 is 10.2 Å². The molecule has 4 N–H and O–H groups in total. The monoisotopic (exact) mass is 139 g/mol. The standard InChI is InChI=1S/C2H9N3O2S/c1-4-2-5-8(3,6)7/h4-5H,2H2,1H3,(H2,3,6,7). The van der Waals surface area contributed by atoms with Gasteiger partial charge in [-0.05, 0) is 7.05 Å². The zero-order valence-corrected chi connectivity index (χ0v) is 5.33. The molecule has 0 saturated carbocycles. The van der Waals surface area contributed by atoms with E-state index in [0.29, 0.717) is 0 Å². The molecule has 0 aromatic heterocycles. The molecule has 0 aliphatic heterocycles. The fourth-order valence-corrected chi connectivity index (χ4v) is 0.518. The fraction of sp³-hybridized carbons (Fsp3) is 1.00. The molecule has 0 amide bonds. The molecule has 0 aromatic carbocycles. The van der Waals surface area contributed by atoms with E-state index in [1.165, 1.54) is 0 Å². The maximum atomic E-state index is 10.0. The van der Waals surface area contributed by atoms with Gasteiger partial charge >= 0.3 is 0 Å². The first kappa shape index (κ1) is 7.83. The van der Waals surface area contributed by atoms with Crippen molar-refractivity contribution >= 4 is 10.2 Å². The third-order valence-corrected chi connectivity index (χ3v) is 0.997. The van der Waals surface area contributed by atoms with E-state index in [2.05, 4.69) is 10.5 Å². The Bertz CT molecular complexity index is 139. The molecule has 0 unspecified atom stereocenters. The van der Waals surface area contributed by atoms with Gasteiger partial charge in [0, 0.05) is 0 Å². The summed E-state index contributed by atoms with van der Waals surface area (Å²) in [4.78, 5) is 0. The molecule has 0 atom stereocenters. The summed E-state index contributed by atoms with van der Waals surface area (Å²) in [6, 6.07) is 0. The van der Waals surface area contributed by atoms with E-state index >= 15 is 0 Å². The summed E-state index contributed by atoms with van der Waals surface area (Å²) in [7, 11) is -1.89. The van der Waals surface area contributed by atoms with Crippen LogP contribution in [0.15, 0.2) is 0 Å². The van der Waals surface area contributed by atoms with E-state index in [0.717, 1.165) is 0 Å². The number of nitrogens with two attached hydrogens (primary N) is 1. The fourth-order valence-electron chi connectivity index (χ4n) is 0.173. The van der Waals surface area contributed by atoms with Crippen LogP contribution in [-0.2, 0) is 10.2 Å². The van der Waals surface area contributed by atoms with Crippen molar-refractivity contribution in [1.82, 2.24) is 10.0 Å². The predicted molar refractivity (Wildman–Crippen MR) is 30.2 cm³/mol. The lowest BCUT2D eigenvalue weighted by atomic mass is 11.1. The van der Waals surface area contributed by atoms with Crippen LogP contribution < -0.4 is 15.2 Å². The molecule has 0 aliphatic carbocycles. The van der Waals surface area contributed by atoms with Gasteiger partial charge in [0.05, 0.1) is 6.67 Å². The highest BCUT2D eigenvalue weighted by Gasteiger charge is 1.94. The lowest BCUT2D eigenvalue weighted by Gasteiger charge is -1.96. The summed E-state index contributed by atoms with van der Waals surface area (Å²) in [5.41, 5.74) is 0. The first-order chi connectivity index (χ1) is 3.56. The second-order valence-corrected chi connectivity index (χ2v) is 2.60. The molecule has 0 aliphatic rings. The highest BCUT2D eigenvalue weighted by atomic mass is 32.2. The Kier molecular flexibility index (Phi) is 2.91. The molecule has 5 nitrogen and oxygen atoms in total. The highest BCUT2D eigenvalue weighted by Crippen LogP contribution is 1.59. The van der Waals surface area contributed by atoms with Crippen molar-refractivity contribution in [2.45, 2.75) is 0 Å². The van der Waals surface area contributed by atoms with E-state index in [-0.39, 0.29) is 6.67 Å². The summed E-state index contributed by atoms with van der Waals surface area (Å²) in [6.45, 7) is 0.166. The maximum absolute atomic E-state index is 10.0. The van der Waals surface area contributed by atoms with Gasteiger partial charge < -0.3 is 5.32 Å². The zero-order valence-electron chi connectivity index (χ0n) is 4.51. The average molecular weight is 139 g/mol. The van der Waals surface area contributed by atoms with Crippen molar-refractivity contribution in [2.24, 2.45) is 5.14 Å². The van der Waals surface area contributed by atoms with Gasteiger partial charge in [0.25, 0.3) is 10.2 Å². The molecule has 0 aromatic rings. The third-order valence-electron chi connectivity index (χ3n) is 0.450. The average Bonchev–Trinajstić information content (AvgIpc) is 1.59. The summed E-state index contributed by atoms with van der Waals surface area (Å²) < 4.78 is 22.0. The van der Waals surface area contributed by atoms with Crippen LogP contribution in [0.1, 0.15) is 0 Å². The molecule has 0 fully saturated rings. The van der Waals surface area contributed by atoms with Crippen LogP contribution >= 0.6 is 0 Å². The smallest absolute Gasteiger partial charge is 0.275 e. The molecular weight excluding hydrogens is 130 g/mol. The number of hydrogen-bond donors (Lipinski definition) is 3. The van der Waals surface area contributed by atoms with Gasteiger partial charge in [-0.1, -0.05) is 0 Å². The Morgan fingerprint density at radius 2 is 2.12 bits per heavy atom. The highest BCUT2D eigenvalue weighted by molar-refractivity contribution is 7.87. The Hall–Kier alpha value is -0.170. The van der Waals surface area contributed by atoms with Gasteiger partial charge in [-0.3, -0.25) is 0 Å². The molecule has 0 heterocycles. The van der Waals surface area contributed by atoms with Crippen LogP contribution in [0.3, 0.4) is 0 Å². The van der Waals surface area contributed by atoms with E-state index in [4.69, 9.17) is 0 Å². The van der Waals surface area contributed by atoms with Crippen molar-refractivity contribution in [3.05, 3.63) is 0 Å². The van der Waals surface area contributed by atoms with Gasteiger partial charge in [-0.2, -0.15) is 13.1 Å². The minimum atomic E-state index is -3.50. The van der Waals surface area contributed by atoms with Crippen molar-refractivity contribution in [1.29, 1.82) is 0 Å². The van der Waals surface area contributed by atoms with Gasteiger partial charge in [-0.15, -0.1) is 0 Å². The molecule has 50 valence electrons. The Balaban J connectivity index is 3.42. The largest absolute Gasteiger partial charge is 0.307 e. The third kappa shape index (κ3) is 5.83. The first-order valence-corrected chi connectivity index (χ1v) is 3.53. The molecule has 8 heavy (non-hydrogen) atoms. The van der Waals surface area contributed by atoms with Crippen LogP contribution in [0.25, 0.3) is 0 Å². The number of nitrogens with one attached hydrogen (secondary N) is 2. The second-order valence-electron chi connectivity index (χ2n) is 1.22. The molecule has 0 spiro atoms. The second kappa shape index (κ2) is 2.98. The Labute approximate surface area is 48.4 Å². The van der Waals surface area contributed by atoms with Gasteiger partial charge in [0.2, 0.25) is 0 Å². The molecule has 6 heteroatoms. The van der Waals surface area contributed by atoms with Crippen LogP contribution in [0.4, 0.5) is 0 Å². The molecule has 0 bridgehead atoms. The number of rotatable bonds is 3. The normalized spacial score (nSPS) is 11.8. The van der Waals surface area contributed by atoms with E-state index in [1.807, 2.05) is 4.72 Å². The lowest BCUT2D eigenvalue weighted by molar-refractivity contribution is 0.578. The van der Waals surface area contributed by atoms with Crippen molar-refractivity contribution in [2.75, 3.05) is 13.7 Å². The molecule has 0 radical (unpaired) electrons. The predicted octanol–water partition coefficient (Wildman–Crippen LogP) is -2.04. The minimum absolute atomic E-state index is 0.166. The summed E-state index contributed by atoms with van der Waals surface area (Å²) >= 11 is 0. The summed E-state index contributed by atoms with van der Waals surface area (Å²) in [5, 5.41) is 7.10. The van der Waals surface area contributed by atoms with Crippen LogP contribution in [0.2, 0.25) is 0 Å². The minimum Gasteiger partial charge on any atom is -0.307 e. The zero-order chi connectivity index (χ0) is 6.62. The van der Waals surface area contributed by atoms with Crippen molar-refractivity contribution < 1.29 is 8.42 Å². The summed E-state index contributed by atoms with van der Waals surface area (Å²) in [5.74, 6) is 0. The molecule has 0 saturated heterocycles. The van der Waals surface area contributed by atoms with Crippen LogP contribution in [0, 0.1) is 0 Å². The quantitative estimate of drug-likeness (QED) is 0.394. The SMILES string of the molecule is CNCNS(N)(=O)=O. The first-order valence-electron chi connectivity index (χ1n) is 1.98. The number of hydrogen-bond acceptors (Lipinski definition) is 3. The van der Waals surface area contributed by atoms with Crippen LogP contribution in [-0.4, -0.2) is 22.1 Å². The molecule has 0 rings (SSSR count). The van der Waals surface area contributed by atoms with Crippen molar-refractivity contribution in [3.63, 3.8) is 0 Å². The lowest BCUT2D eigenvalue weighted by Crippen LogP contribution is -2.36. The topological polar surface area (TPSA) is 84.2 Å². The Morgan fingerprint density at radius 1 is 1.62 bits per heavy atom. The van der Waals surface area contributed by atoms with Gasteiger partial charge in [-0.25, -0.2) is 5.14 Å². The molecular formula is C2H9N3O2S. The summed E-state index contributed by atoms with van der Waals surface area (Å²) in [6.07, 6.45) is 0. The van der Waals surface area contributed by atoms with Gasteiger partial charge in [0.1, 0.15) is 0 Å².